The van der Waals surface area contributed by atoms with E-state index in [4.69, 9.17) is 16.2 Å². The van der Waals surface area contributed by atoms with Crippen molar-refractivity contribution < 1.29 is 23.1 Å². The number of hydrogen-bond acceptors (Lipinski definition) is 6. The maximum Gasteiger partial charge on any atom is 0.410 e. The van der Waals surface area contributed by atoms with Gasteiger partial charge in [0.25, 0.3) is 12.3 Å². The standard InChI is InChI=1S/C26H33F2N7O3/c1-26(2,3)38-25(37)33-10-5-8-19(9-11-33)35-23(29)20(24(30)36)21(32-35)18-13-31-34(15-18)14-16-6-4-7-17(12-16)22(27)28/h4,6-7,12-13,15,19,22H,5,8-11,14,29H2,1-3H3,(H2,30,36)/t19-/m0/s1. The summed E-state index contributed by atoms with van der Waals surface area (Å²) in [6.45, 7) is 6.73. The molecule has 1 aliphatic rings. The van der Waals surface area contributed by atoms with Gasteiger partial charge in [-0.2, -0.15) is 10.2 Å². The monoisotopic (exact) mass is 529 g/mol. The molecule has 4 N–H and O–H groups in total. The van der Waals surface area contributed by atoms with Crippen molar-refractivity contribution >= 4 is 17.8 Å². The van der Waals surface area contributed by atoms with Gasteiger partial charge in [0.1, 0.15) is 22.7 Å². The second-order valence-electron chi connectivity index (χ2n) is 10.4. The number of rotatable bonds is 6. The number of benzene rings is 1. The van der Waals surface area contributed by atoms with Crippen LogP contribution >= 0.6 is 0 Å². The Morgan fingerprint density at radius 1 is 1.21 bits per heavy atom. The Bertz CT molecular complexity index is 1310. The minimum atomic E-state index is -2.56. The van der Waals surface area contributed by atoms with E-state index in [-0.39, 0.29) is 35.6 Å². The second-order valence-corrected chi connectivity index (χ2v) is 10.4. The highest BCUT2D eigenvalue weighted by Crippen LogP contribution is 2.33. The first-order chi connectivity index (χ1) is 17.9. The minimum Gasteiger partial charge on any atom is -0.444 e. The highest BCUT2D eigenvalue weighted by Gasteiger charge is 2.30. The van der Waals surface area contributed by atoms with Gasteiger partial charge in [-0.3, -0.25) is 9.48 Å². The van der Waals surface area contributed by atoms with Crippen molar-refractivity contribution in [3.8, 4) is 11.3 Å². The smallest absolute Gasteiger partial charge is 0.410 e. The zero-order valence-electron chi connectivity index (χ0n) is 21.7. The molecule has 2 aromatic heterocycles. The van der Waals surface area contributed by atoms with Crippen LogP contribution in [-0.4, -0.2) is 55.2 Å². The van der Waals surface area contributed by atoms with Crippen molar-refractivity contribution in [1.82, 2.24) is 24.5 Å². The van der Waals surface area contributed by atoms with Gasteiger partial charge in [0.15, 0.2) is 0 Å². The molecule has 0 radical (unpaired) electrons. The highest BCUT2D eigenvalue weighted by molar-refractivity contribution is 6.03. The lowest BCUT2D eigenvalue weighted by Crippen LogP contribution is -2.37. The van der Waals surface area contributed by atoms with Crippen molar-refractivity contribution in [2.75, 3.05) is 18.8 Å². The molecule has 12 heteroatoms. The Morgan fingerprint density at radius 3 is 2.66 bits per heavy atom. The molecule has 1 fully saturated rings. The van der Waals surface area contributed by atoms with E-state index in [1.165, 1.54) is 18.3 Å². The summed E-state index contributed by atoms with van der Waals surface area (Å²) in [5, 5.41) is 8.97. The number of alkyl halides is 2. The van der Waals surface area contributed by atoms with E-state index in [1.807, 2.05) is 20.8 Å². The molecular weight excluding hydrogens is 496 g/mol. The molecule has 10 nitrogen and oxygen atoms in total. The van der Waals surface area contributed by atoms with E-state index in [0.717, 1.165) is 0 Å². The summed E-state index contributed by atoms with van der Waals surface area (Å²) >= 11 is 0. The number of anilines is 1. The molecule has 0 bridgehead atoms. The molecule has 0 saturated carbocycles. The Labute approximate surface area is 219 Å². The topological polar surface area (TPSA) is 134 Å². The molecule has 0 aliphatic carbocycles. The molecule has 4 rings (SSSR count). The third-order valence-corrected chi connectivity index (χ3v) is 6.34. The van der Waals surface area contributed by atoms with Crippen LogP contribution in [0.1, 0.15) is 74.0 Å². The number of aromatic nitrogens is 4. The molecule has 0 spiro atoms. The van der Waals surface area contributed by atoms with E-state index in [9.17, 15) is 18.4 Å². The van der Waals surface area contributed by atoms with Gasteiger partial charge >= 0.3 is 6.09 Å². The summed E-state index contributed by atoms with van der Waals surface area (Å²) < 4.78 is 34.8. The molecule has 2 amide bonds. The van der Waals surface area contributed by atoms with Crippen LogP contribution < -0.4 is 11.5 Å². The Balaban J connectivity index is 1.55. The molecule has 0 unspecified atom stereocenters. The maximum atomic E-state index is 13.1. The number of carbonyl (C=O) groups is 2. The highest BCUT2D eigenvalue weighted by atomic mass is 19.3. The number of primary amides is 1. The minimum absolute atomic E-state index is 0.0638. The Morgan fingerprint density at radius 2 is 1.97 bits per heavy atom. The van der Waals surface area contributed by atoms with Gasteiger partial charge in [0.2, 0.25) is 0 Å². The van der Waals surface area contributed by atoms with E-state index in [1.54, 1.807) is 32.6 Å². The molecule has 204 valence electrons. The van der Waals surface area contributed by atoms with Crippen molar-refractivity contribution in [3.63, 3.8) is 0 Å². The molecule has 1 saturated heterocycles. The third kappa shape index (κ3) is 6.12. The number of nitrogen functional groups attached to an aromatic ring is 1. The van der Waals surface area contributed by atoms with Crippen molar-refractivity contribution in [2.24, 2.45) is 5.73 Å². The number of nitrogens with zero attached hydrogens (tertiary/aromatic N) is 5. The average molecular weight is 530 g/mol. The quantitative estimate of drug-likeness (QED) is 0.487. The fraction of sp³-hybridized carbons (Fsp3) is 0.462. The maximum absolute atomic E-state index is 13.1. The van der Waals surface area contributed by atoms with Crippen LogP contribution in [0.3, 0.4) is 0 Å². The van der Waals surface area contributed by atoms with Gasteiger partial charge in [-0.25, -0.2) is 18.3 Å². The van der Waals surface area contributed by atoms with Gasteiger partial charge in [-0.1, -0.05) is 18.2 Å². The van der Waals surface area contributed by atoms with Crippen LogP contribution in [0.2, 0.25) is 0 Å². The fourth-order valence-corrected chi connectivity index (χ4v) is 4.59. The molecule has 1 aliphatic heterocycles. The van der Waals surface area contributed by atoms with Gasteiger partial charge in [0.05, 0.1) is 18.8 Å². The molecular formula is C26H33F2N7O3. The summed E-state index contributed by atoms with van der Waals surface area (Å²) in [5.41, 5.74) is 13.0. The lowest BCUT2D eigenvalue weighted by molar-refractivity contribution is 0.0255. The Kier molecular flexibility index (Phi) is 7.70. The average Bonchev–Trinajstić information content (AvgIpc) is 3.33. The molecule has 3 aromatic rings. The number of ether oxygens (including phenoxy) is 1. The number of carbonyl (C=O) groups excluding carboxylic acids is 2. The third-order valence-electron chi connectivity index (χ3n) is 6.34. The summed E-state index contributed by atoms with van der Waals surface area (Å²) in [6.07, 6.45) is 2.26. The first kappa shape index (κ1) is 27.1. The lowest BCUT2D eigenvalue weighted by atomic mass is 10.1. The van der Waals surface area contributed by atoms with Crippen LogP contribution in [-0.2, 0) is 11.3 Å². The Hall–Kier alpha value is -3.96. The fourth-order valence-electron chi connectivity index (χ4n) is 4.59. The first-order valence-electron chi connectivity index (χ1n) is 12.5. The second kappa shape index (κ2) is 10.8. The number of nitrogens with two attached hydrogens (primary N) is 2. The van der Waals surface area contributed by atoms with E-state index in [2.05, 4.69) is 10.2 Å². The molecule has 1 aromatic carbocycles. The number of likely N-dealkylation sites (tertiary alicyclic amines) is 1. The van der Waals surface area contributed by atoms with Crippen LogP contribution in [0.4, 0.5) is 19.4 Å². The normalized spacial score (nSPS) is 16.5. The van der Waals surface area contributed by atoms with Gasteiger partial charge in [0, 0.05) is 30.4 Å². The van der Waals surface area contributed by atoms with Crippen LogP contribution in [0, 0.1) is 0 Å². The van der Waals surface area contributed by atoms with Gasteiger partial charge in [-0.15, -0.1) is 0 Å². The van der Waals surface area contributed by atoms with E-state index < -0.39 is 17.9 Å². The van der Waals surface area contributed by atoms with Gasteiger partial charge in [-0.05, 0) is 51.7 Å². The number of hydrogen-bond donors (Lipinski definition) is 2. The summed E-state index contributed by atoms with van der Waals surface area (Å²) in [7, 11) is 0. The summed E-state index contributed by atoms with van der Waals surface area (Å²) in [6, 6.07) is 5.96. The predicted molar refractivity (Wildman–Crippen MR) is 138 cm³/mol. The van der Waals surface area contributed by atoms with E-state index >= 15 is 0 Å². The first-order valence-corrected chi connectivity index (χ1v) is 12.5. The number of amides is 2. The largest absolute Gasteiger partial charge is 0.444 e. The van der Waals surface area contributed by atoms with E-state index in [0.29, 0.717) is 49.2 Å². The predicted octanol–water partition coefficient (Wildman–Crippen LogP) is 4.38. The van der Waals surface area contributed by atoms with Gasteiger partial charge < -0.3 is 21.1 Å². The zero-order chi connectivity index (χ0) is 27.6. The molecule has 1 atom stereocenters. The molecule has 38 heavy (non-hydrogen) atoms. The van der Waals surface area contributed by atoms with Crippen LogP contribution in [0.5, 0.6) is 0 Å². The summed E-state index contributed by atoms with van der Waals surface area (Å²) in [4.78, 5) is 26.6. The zero-order valence-corrected chi connectivity index (χ0v) is 21.7. The van der Waals surface area contributed by atoms with Crippen LogP contribution in [0.15, 0.2) is 36.7 Å². The summed E-state index contributed by atoms with van der Waals surface area (Å²) in [5.74, 6) is -0.564. The van der Waals surface area contributed by atoms with Crippen molar-refractivity contribution in [2.45, 2.75) is 64.6 Å². The SMILES string of the molecule is CC(C)(C)OC(=O)N1CCC[C@H](n2nc(-c3cnn(Cc4cccc(C(F)F)c4)c3)c(C(N)=O)c2N)CC1. The molecule has 3 heterocycles. The lowest BCUT2D eigenvalue weighted by Gasteiger charge is -2.26. The van der Waals surface area contributed by atoms with Crippen LogP contribution in [0.25, 0.3) is 11.3 Å². The number of halogens is 2. The van der Waals surface area contributed by atoms with Crippen molar-refractivity contribution in [3.05, 3.63) is 53.3 Å². The van der Waals surface area contributed by atoms with Crippen molar-refractivity contribution in [1.29, 1.82) is 0 Å².